The predicted molar refractivity (Wildman–Crippen MR) is 83.5 cm³/mol. The lowest BCUT2D eigenvalue weighted by molar-refractivity contribution is 0.216. The van der Waals surface area contributed by atoms with E-state index in [1.807, 2.05) is 6.07 Å². The summed E-state index contributed by atoms with van der Waals surface area (Å²) in [6.45, 7) is 7.29. The maximum Gasteiger partial charge on any atom is 0.259 e. The van der Waals surface area contributed by atoms with E-state index in [0.29, 0.717) is 5.92 Å². The molecule has 4 nitrogen and oxygen atoms in total. The van der Waals surface area contributed by atoms with Crippen LogP contribution in [-0.2, 0) is 6.54 Å². The number of aromatic nitrogens is 2. The van der Waals surface area contributed by atoms with Crippen LogP contribution in [-0.4, -0.2) is 28.0 Å². The van der Waals surface area contributed by atoms with Crippen molar-refractivity contribution in [1.82, 2.24) is 14.9 Å². The molecule has 0 bridgehead atoms. The second-order valence-electron chi connectivity index (χ2n) is 5.87. The first-order chi connectivity index (χ1) is 9.63. The molecule has 1 fully saturated rings. The van der Waals surface area contributed by atoms with Crippen LogP contribution in [0.5, 0.6) is 0 Å². The van der Waals surface area contributed by atoms with E-state index in [2.05, 4.69) is 28.7 Å². The first-order valence-corrected chi connectivity index (χ1v) is 8.20. The highest BCUT2D eigenvalue weighted by Crippen LogP contribution is 2.27. The van der Waals surface area contributed by atoms with Crippen LogP contribution in [0.4, 0.5) is 0 Å². The number of likely N-dealkylation sites (tertiary alicyclic amines) is 1. The molecular formula is C15H21N3OS. The Morgan fingerprint density at radius 2 is 2.10 bits per heavy atom. The molecule has 1 N–H and O–H groups in total. The fraction of sp³-hybridized carbons (Fsp3) is 0.600. The second-order valence-corrected chi connectivity index (χ2v) is 6.93. The van der Waals surface area contributed by atoms with E-state index < -0.39 is 0 Å². The summed E-state index contributed by atoms with van der Waals surface area (Å²) in [6, 6.07) is 1.99. The molecule has 3 rings (SSSR count). The summed E-state index contributed by atoms with van der Waals surface area (Å²) >= 11 is 1.65. The van der Waals surface area contributed by atoms with E-state index in [1.165, 1.54) is 24.1 Å². The number of nitrogens with one attached hydrogen (secondary N) is 1. The number of thiophene rings is 1. The molecule has 0 aliphatic carbocycles. The topological polar surface area (TPSA) is 49.0 Å². The van der Waals surface area contributed by atoms with Crippen LogP contribution in [0.3, 0.4) is 0 Å². The summed E-state index contributed by atoms with van der Waals surface area (Å²) in [6.07, 6.45) is 3.83. The fourth-order valence-corrected chi connectivity index (χ4v) is 3.74. The van der Waals surface area contributed by atoms with Crippen molar-refractivity contribution in [2.24, 2.45) is 0 Å². The van der Waals surface area contributed by atoms with Crippen molar-refractivity contribution in [3.05, 3.63) is 27.1 Å². The van der Waals surface area contributed by atoms with Gasteiger partial charge in [-0.25, -0.2) is 4.98 Å². The summed E-state index contributed by atoms with van der Waals surface area (Å²) < 4.78 is 0. The van der Waals surface area contributed by atoms with Crippen molar-refractivity contribution in [2.75, 3.05) is 13.1 Å². The van der Waals surface area contributed by atoms with Gasteiger partial charge in [-0.15, -0.1) is 11.3 Å². The number of hydrogen-bond donors (Lipinski definition) is 1. The van der Waals surface area contributed by atoms with Gasteiger partial charge in [0.2, 0.25) is 0 Å². The van der Waals surface area contributed by atoms with Gasteiger partial charge in [0, 0.05) is 4.88 Å². The number of H-pyrrole nitrogens is 1. The second kappa shape index (κ2) is 5.66. The zero-order valence-corrected chi connectivity index (χ0v) is 12.9. The van der Waals surface area contributed by atoms with Crippen LogP contribution in [0.1, 0.15) is 49.7 Å². The molecule has 20 heavy (non-hydrogen) atoms. The van der Waals surface area contributed by atoms with E-state index in [1.54, 1.807) is 11.3 Å². The molecule has 0 amide bonds. The third kappa shape index (κ3) is 2.79. The number of rotatable bonds is 3. The largest absolute Gasteiger partial charge is 0.309 e. The van der Waals surface area contributed by atoms with E-state index in [9.17, 15) is 4.79 Å². The van der Waals surface area contributed by atoms with Crippen molar-refractivity contribution >= 4 is 21.6 Å². The van der Waals surface area contributed by atoms with E-state index in [4.69, 9.17) is 0 Å². The highest BCUT2D eigenvalue weighted by atomic mass is 32.1. The average molecular weight is 291 g/mol. The maximum absolute atomic E-state index is 12.2. The lowest BCUT2D eigenvalue weighted by atomic mass is 10.1. The molecule has 1 aliphatic heterocycles. The van der Waals surface area contributed by atoms with Gasteiger partial charge in [-0.1, -0.05) is 20.3 Å². The Bertz CT molecular complexity index is 653. The van der Waals surface area contributed by atoms with Crippen molar-refractivity contribution in [3.8, 4) is 0 Å². The Kier molecular flexibility index (Phi) is 3.89. The minimum atomic E-state index is 0.00478. The highest BCUT2D eigenvalue weighted by molar-refractivity contribution is 7.18. The smallest absolute Gasteiger partial charge is 0.259 e. The average Bonchev–Trinajstić information content (AvgIpc) is 2.84. The molecule has 1 saturated heterocycles. The molecule has 3 heterocycles. The Balaban J connectivity index is 1.90. The number of hydrogen-bond acceptors (Lipinski definition) is 4. The van der Waals surface area contributed by atoms with Gasteiger partial charge in [-0.3, -0.25) is 9.69 Å². The first kappa shape index (κ1) is 13.8. The zero-order chi connectivity index (χ0) is 14.1. The maximum atomic E-state index is 12.2. The number of nitrogens with zero attached hydrogens (tertiary/aromatic N) is 2. The highest BCUT2D eigenvalue weighted by Gasteiger charge is 2.14. The Hall–Kier alpha value is -1.20. The van der Waals surface area contributed by atoms with Crippen molar-refractivity contribution in [3.63, 3.8) is 0 Å². The molecule has 0 spiro atoms. The van der Waals surface area contributed by atoms with Gasteiger partial charge in [0.15, 0.2) is 0 Å². The first-order valence-electron chi connectivity index (χ1n) is 7.38. The Morgan fingerprint density at radius 1 is 1.35 bits per heavy atom. The molecule has 108 valence electrons. The summed E-state index contributed by atoms with van der Waals surface area (Å²) in [7, 11) is 0. The van der Waals surface area contributed by atoms with E-state index >= 15 is 0 Å². The SMILES string of the molecule is CC(C)c1cc2c(=O)[nH]c(CN3CCCCC3)nc2s1. The van der Waals surface area contributed by atoms with Gasteiger partial charge < -0.3 is 4.98 Å². The van der Waals surface area contributed by atoms with Crippen molar-refractivity contribution in [2.45, 2.75) is 45.6 Å². The monoisotopic (exact) mass is 291 g/mol. The van der Waals surface area contributed by atoms with Crippen LogP contribution in [0.15, 0.2) is 10.9 Å². The summed E-state index contributed by atoms with van der Waals surface area (Å²) in [5.74, 6) is 1.25. The molecule has 0 aromatic carbocycles. The van der Waals surface area contributed by atoms with E-state index in [0.717, 1.165) is 35.7 Å². The minimum absolute atomic E-state index is 0.00478. The van der Waals surface area contributed by atoms with Gasteiger partial charge in [-0.05, 0) is 37.9 Å². The molecule has 2 aromatic rings. The van der Waals surface area contributed by atoms with Crippen LogP contribution in [0.25, 0.3) is 10.2 Å². The van der Waals surface area contributed by atoms with Crippen molar-refractivity contribution < 1.29 is 0 Å². The lowest BCUT2D eigenvalue weighted by Gasteiger charge is -2.25. The van der Waals surface area contributed by atoms with Crippen LogP contribution in [0, 0.1) is 0 Å². The number of piperidine rings is 1. The summed E-state index contributed by atoms with van der Waals surface area (Å²) in [4.78, 5) is 24.3. The quantitative estimate of drug-likeness (QED) is 0.945. The molecule has 5 heteroatoms. The van der Waals surface area contributed by atoms with Crippen LogP contribution < -0.4 is 5.56 Å². The number of aromatic amines is 1. The van der Waals surface area contributed by atoms with Gasteiger partial charge in [-0.2, -0.15) is 0 Å². The predicted octanol–water partition coefficient (Wildman–Crippen LogP) is 3.09. The summed E-state index contributed by atoms with van der Waals surface area (Å²) in [5, 5.41) is 0.737. The zero-order valence-electron chi connectivity index (χ0n) is 12.1. The summed E-state index contributed by atoms with van der Waals surface area (Å²) in [5.41, 5.74) is 0.00478. The Morgan fingerprint density at radius 3 is 2.80 bits per heavy atom. The van der Waals surface area contributed by atoms with Gasteiger partial charge in [0.25, 0.3) is 5.56 Å². The third-order valence-electron chi connectivity index (χ3n) is 3.86. The molecule has 2 aromatic heterocycles. The molecule has 0 atom stereocenters. The van der Waals surface area contributed by atoms with Crippen LogP contribution in [0.2, 0.25) is 0 Å². The fourth-order valence-electron chi connectivity index (χ4n) is 2.68. The molecule has 0 unspecified atom stereocenters. The van der Waals surface area contributed by atoms with E-state index in [-0.39, 0.29) is 5.56 Å². The molecule has 1 aliphatic rings. The molecule has 0 radical (unpaired) electrons. The minimum Gasteiger partial charge on any atom is -0.309 e. The lowest BCUT2D eigenvalue weighted by Crippen LogP contribution is -2.30. The van der Waals surface area contributed by atoms with Gasteiger partial charge in [0.1, 0.15) is 10.7 Å². The van der Waals surface area contributed by atoms with Gasteiger partial charge >= 0.3 is 0 Å². The third-order valence-corrected chi connectivity index (χ3v) is 5.19. The Labute approximate surface area is 122 Å². The number of fused-ring (bicyclic) bond motifs is 1. The molecule has 0 saturated carbocycles. The molecular weight excluding hydrogens is 270 g/mol. The van der Waals surface area contributed by atoms with Crippen LogP contribution >= 0.6 is 11.3 Å². The van der Waals surface area contributed by atoms with Crippen molar-refractivity contribution in [1.29, 1.82) is 0 Å². The van der Waals surface area contributed by atoms with Gasteiger partial charge in [0.05, 0.1) is 11.9 Å². The standard InChI is InChI=1S/C15H21N3OS/c1-10(2)12-8-11-14(19)16-13(17-15(11)20-12)9-18-6-4-3-5-7-18/h8,10H,3-7,9H2,1-2H3,(H,16,17,19). The normalized spacial score (nSPS) is 17.1.